The molecule has 25 heavy (non-hydrogen) atoms. The van der Waals surface area contributed by atoms with E-state index in [1.165, 1.54) is 6.07 Å². The molecular weight excluding hydrogens is 322 g/mol. The first-order chi connectivity index (χ1) is 12.1. The van der Waals surface area contributed by atoms with E-state index in [0.29, 0.717) is 22.5 Å². The molecule has 3 N–H and O–H groups in total. The van der Waals surface area contributed by atoms with Crippen molar-refractivity contribution < 1.29 is 9.59 Å². The molecule has 0 bridgehead atoms. The van der Waals surface area contributed by atoms with Gasteiger partial charge in [0.1, 0.15) is 0 Å². The second-order valence-electron chi connectivity index (χ2n) is 4.96. The van der Waals surface area contributed by atoms with Gasteiger partial charge >= 0.3 is 0 Å². The Bertz CT molecular complexity index is 986. The van der Waals surface area contributed by atoms with Crippen molar-refractivity contribution in [2.45, 2.75) is 0 Å². The highest BCUT2D eigenvalue weighted by Gasteiger charge is 2.10. The summed E-state index contributed by atoms with van der Waals surface area (Å²) in [5.74, 6) is -1.29. The number of anilines is 1. The molecule has 1 heterocycles. The summed E-state index contributed by atoms with van der Waals surface area (Å²) in [6.45, 7) is 0. The Morgan fingerprint density at radius 3 is 2.56 bits per heavy atom. The normalized spacial score (nSPS) is 10.0. The number of tetrazole rings is 1. The van der Waals surface area contributed by atoms with Crippen LogP contribution in [0.25, 0.3) is 5.69 Å². The number of aromatic nitrogens is 4. The van der Waals surface area contributed by atoms with E-state index in [-0.39, 0.29) is 11.7 Å². The Morgan fingerprint density at radius 2 is 1.92 bits per heavy atom. The van der Waals surface area contributed by atoms with Crippen LogP contribution in [0.5, 0.6) is 0 Å². The number of rotatable bonds is 4. The first kappa shape index (κ1) is 15.8. The molecule has 0 aliphatic rings. The predicted molar refractivity (Wildman–Crippen MR) is 86.8 cm³/mol. The van der Waals surface area contributed by atoms with E-state index >= 15 is 0 Å². The van der Waals surface area contributed by atoms with Gasteiger partial charge in [0.15, 0.2) is 0 Å². The number of nitrogens with two attached hydrogens (primary N) is 1. The summed E-state index contributed by atoms with van der Waals surface area (Å²) in [7, 11) is 0. The molecule has 0 fully saturated rings. The lowest BCUT2D eigenvalue weighted by Gasteiger charge is -2.06. The Kier molecular flexibility index (Phi) is 4.17. The molecule has 3 rings (SSSR count). The maximum absolute atomic E-state index is 12.2. The fraction of sp³-hybridized carbons (Fsp3) is 0. The number of primary amides is 1. The van der Waals surface area contributed by atoms with E-state index in [9.17, 15) is 9.59 Å². The number of hydrogen-bond donors (Lipinski definition) is 2. The minimum absolute atomic E-state index is 0.185. The number of hydrogen-bond acceptors (Lipinski definition) is 6. The van der Waals surface area contributed by atoms with E-state index in [1.54, 1.807) is 42.5 Å². The minimum atomic E-state index is -0.769. The van der Waals surface area contributed by atoms with Crippen molar-refractivity contribution in [3.63, 3.8) is 0 Å². The second kappa shape index (κ2) is 6.59. The molecule has 0 saturated heterocycles. The van der Waals surface area contributed by atoms with Crippen LogP contribution in [0.3, 0.4) is 0 Å². The summed E-state index contributed by atoms with van der Waals surface area (Å²) in [4.78, 5) is 24.3. The maximum Gasteiger partial charge on any atom is 0.290 e. The van der Waals surface area contributed by atoms with Gasteiger partial charge in [-0.2, -0.15) is 5.26 Å². The SMILES string of the molecule is N#Cc1cccc(C(=O)Nc2ccc(-n3nnc(C(N)=O)n3)cc2)c1. The molecule has 3 aromatic rings. The van der Waals surface area contributed by atoms with Crippen molar-refractivity contribution in [1.29, 1.82) is 5.26 Å². The number of amides is 2. The summed E-state index contributed by atoms with van der Waals surface area (Å²) < 4.78 is 0. The van der Waals surface area contributed by atoms with E-state index in [4.69, 9.17) is 11.0 Å². The number of nitriles is 1. The lowest BCUT2D eigenvalue weighted by Crippen LogP contribution is -2.13. The van der Waals surface area contributed by atoms with Crippen molar-refractivity contribution >= 4 is 17.5 Å². The molecule has 122 valence electrons. The average Bonchev–Trinajstić information content (AvgIpc) is 3.13. The van der Waals surface area contributed by atoms with Crippen LogP contribution in [0.4, 0.5) is 5.69 Å². The minimum Gasteiger partial charge on any atom is -0.363 e. The Balaban J connectivity index is 1.74. The molecule has 0 aliphatic heterocycles. The van der Waals surface area contributed by atoms with E-state index in [2.05, 4.69) is 20.7 Å². The van der Waals surface area contributed by atoms with Crippen molar-refractivity contribution in [1.82, 2.24) is 20.2 Å². The standard InChI is InChI=1S/C16H11N7O2/c17-9-10-2-1-3-11(8-10)16(25)19-12-4-6-13(7-5-12)23-21-15(14(18)24)20-22-23/h1-8H,(H2,18,24)(H,19,25). The monoisotopic (exact) mass is 333 g/mol. The molecule has 0 unspecified atom stereocenters. The third-order valence-corrected chi connectivity index (χ3v) is 3.24. The van der Waals surface area contributed by atoms with Gasteiger partial charge in [-0.25, -0.2) is 0 Å². The zero-order valence-electron chi connectivity index (χ0n) is 12.7. The molecule has 0 atom stereocenters. The molecule has 0 aliphatic carbocycles. The highest BCUT2D eigenvalue weighted by Crippen LogP contribution is 2.14. The first-order valence-electron chi connectivity index (χ1n) is 7.08. The summed E-state index contributed by atoms with van der Waals surface area (Å²) >= 11 is 0. The lowest BCUT2D eigenvalue weighted by atomic mass is 10.1. The van der Waals surface area contributed by atoms with Gasteiger partial charge in [0.25, 0.3) is 17.6 Å². The van der Waals surface area contributed by atoms with Crippen LogP contribution in [0.2, 0.25) is 0 Å². The first-order valence-corrected chi connectivity index (χ1v) is 7.08. The lowest BCUT2D eigenvalue weighted by molar-refractivity contribution is 0.0988. The smallest absolute Gasteiger partial charge is 0.290 e. The van der Waals surface area contributed by atoms with Gasteiger partial charge in [-0.05, 0) is 47.7 Å². The van der Waals surface area contributed by atoms with Gasteiger partial charge in [-0.1, -0.05) is 6.07 Å². The third kappa shape index (κ3) is 3.48. The van der Waals surface area contributed by atoms with Crippen LogP contribution in [0.15, 0.2) is 48.5 Å². The fourth-order valence-electron chi connectivity index (χ4n) is 2.03. The molecule has 9 nitrogen and oxygen atoms in total. The van der Waals surface area contributed by atoms with Gasteiger partial charge in [-0.15, -0.1) is 15.0 Å². The summed E-state index contributed by atoms with van der Waals surface area (Å²) in [5, 5.41) is 22.7. The molecule has 2 aromatic carbocycles. The van der Waals surface area contributed by atoms with Crippen LogP contribution in [-0.4, -0.2) is 32.0 Å². The van der Waals surface area contributed by atoms with Crippen molar-refractivity contribution in [3.05, 3.63) is 65.5 Å². The number of nitrogens with zero attached hydrogens (tertiary/aromatic N) is 5. The molecule has 2 amide bonds. The largest absolute Gasteiger partial charge is 0.363 e. The predicted octanol–water partition coefficient (Wildman–Crippen LogP) is 0.885. The highest BCUT2D eigenvalue weighted by atomic mass is 16.2. The molecule has 9 heteroatoms. The quantitative estimate of drug-likeness (QED) is 0.726. The number of nitrogens with one attached hydrogen (secondary N) is 1. The topological polar surface area (TPSA) is 140 Å². The number of carbonyl (C=O) groups is 2. The third-order valence-electron chi connectivity index (χ3n) is 3.24. The van der Waals surface area contributed by atoms with Gasteiger partial charge in [0.05, 0.1) is 17.3 Å². The van der Waals surface area contributed by atoms with Crippen molar-refractivity contribution in [2.75, 3.05) is 5.32 Å². The van der Waals surface area contributed by atoms with Crippen molar-refractivity contribution in [3.8, 4) is 11.8 Å². The Morgan fingerprint density at radius 1 is 1.16 bits per heavy atom. The highest BCUT2D eigenvalue weighted by molar-refractivity contribution is 6.04. The van der Waals surface area contributed by atoms with Gasteiger partial charge in [0, 0.05) is 11.3 Å². The number of carbonyl (C=O) groups excluding carboxylic acids is 2. The van der Waals surface area contributed by atoms with Crippen LogP contribution in [0.1, 0.15) is 26.5 Å². The summed E-state index contributed by atoms with van der Waals surface area (Å²) in [6, 6.07) is 15.0. The zero-order chi connectivity index (χ0) is 17.8. The fourth-order valence-corrected chi connectivity index (χ4v) is 2.03. The Labute approximate surface area is 141 Å². The molecule has 0 saturated carbocycles. The number of benzene rings is 2. The van der Waals surface area contributed by atoms with Crippen molar-refractivity contribution in [2.24, 2.45) is 5.73 Å². The van der Waals surface area contributed by atoms with E-state index in [1.807, 2.05) is 6.07 Å². The van der Waals surface area contributed by atoms with Gasteiger partial charge < -0.3 is 11.1 Å². The average molecular weight is 333 g/mol. The summed E-state index contributed by atoms with van der Waals surface area (Å²) in [5.41, 5.74) is 6.96. The zero-order valence-corrected chi connectivity index (χ0v) is 12.7. The van der Waals surface area contributed by atoms with Crippen LogP contribution >= 0.6 is 0 Å². The molecule has 0 radical (unpaired) electrons. The van der Waals surface area contributed by atoms with E-state index in [0.717, 1.165) is 4.80 Å². The van der Waals surface area contributed by atoms with E-state index < -0.39 is 5.91 Å². The van der Waals surface area contributed by atoms with Crippen LogP contribution < -0.4 is 11.1 Å². The second-order valence-corrected chi connectivity index (χ2v) is 4.96. The molecule has 0 spiro atoms. The van der Waals surface area contributed by atoms with Crippen LogP contribution in [-0.2, 0) is 0 Å². The molecule has 1 aromatic heterocycles. The van der Waals surface area contributed by atoms with Gasteiger partial charge in [-0.3, -0.25) is 9.59 Å². The molecular formula is C16H11N7O2. The maximum atomic E-state index is 12.2. The van der Waals surface area contributed by atoms with Gasteiger partial charge in [0.2, 0.25) is 0 Å². The Hall–Kier alpha value is -4.06. The van der Waals surface area contributed by atoms with Crippen LogP contribution in [0, 0.1) is 11.3 Å². The summed E-state index contributed by atoms with van der Waals surface area (Å²) in [6.07, 6.45) is 0.